The van der Waals surface area contributed by atoms with E-state index in [-0.39, 0.29) is 18.4 Å². The summed E-state index contributed by atoms with van der Waals surface area (Å²) in [5, 5.41) is 9.04. The van der Waals surface area contributed by atoms with Crippen LogP contribution < -0.4 is 0 Å². The highest BCUT2D eigenvalue weighted by Crippen LogP contribution is 2.30. The van der Waals surface area contributed by atoms with Crippen LogP contribution in [0.3, 0.4) is 0 Å². The van der Waals surface area contributed by atoms with E-state index in [0.29, 0.717) is 19.0 Å². The van der Waals surface area contributed by atoms with Gasteiger partial charge < -0.3 is 10.0 Å². The van der Waals surface area contributed by atoms with Gasteiger partial charge in [-0.1, -0.05) is 37.3 Å². The van der Waals surface area contributed by atoms with Gasteiger partial charge in [-0.3, -0.25) is 4.79 Å². The van der Waals surface area contributed by atoms with Crippen molar-refractivity contribution < 1.29 is 9.90 Å². The Morgan fingerprint density at radius 1 is 1.35 bits per heavy atom. The first-order valence-electron chi connectivity index (χ1n) is 7.74. The summed E-state index contributed by atoms with van der Waals surface area (Å²) < 4.78 is 0. The van der Waals surface area contributed by atoms with Crippen molar-refractivity contribution in [2.75, 3.05) is 13.2 Å². The fraction of sp³-hybridized carbons (Fsp3) is 0.588. The average molecular weight is 275 g/mol. The minimum absolute atomic E-state index is 0.0458. The van der Waals surface area contributed by atoms with E-state index in [1.165, 1.54) is 6.42 Å². The molecule has 1 fully saturated rings. The highest BCUT2D eigenvalue weighted by atomic mass is 16.3. The lowest BCUT2D eigenvalue weighted by atomic mass is 9.88. The topological polar surface area (TPSA) is 40.5 Å². The molecular formula is C17H25NO2. The monoisotopic (exact) mass is 275 g/mol. The Morgan fingerprint density at radius 2 is 2.05 bits per heavy atom. The highest BCUT2D eigenvalue weighted by molar-refractivity contribution is 5.84. The van der Waals surface area contributed by atoms with Gasteiger partial charge in [0.15, 0.2) is 0 Å². The van der Waals surface area contributed by atoms with Crippen LogP contribution in [0, 0.1) is 0 Å². The van der Waals surface area contributed by atoms with Gasteiger partial charge in [0.05, 0.1) is 5.92 Å². The molecule has 1 saturated carbocycles. The van der Waals surface area contributed by atoms with Gasteiger partial charge in [-0.2, -0.15) is 0 Å². The first-order valence-corrected chi connectivity index (χ1v) is 7.74. The fourth-order valence-electron chi connectivity index (χ4n) is 2.85. The molecule has 1 atom stereocenters. The third kappa shape index (κ3) is 3.40. The fourth-order valence-corrected chi connectivity index (χ4v) is 2.85. The van der Waals surface area contributed by atoms with Crippen LogP contribution in [-0.4, -0.2) is 35.1 Å². The number of carbonyl (C=O) groups excluding carboxylic acids is 1. The maximum Gasteiger partial charge on any atom is 0.230 e. The maximum atomic E-state index is 12.9. The number of hydrogen-bond donors (Lipinski definition) is 1. The Kier molecular flexibility index (Phi) is 5.60. The van der Waals surface area contributed by atoms with Gasteiger partial charge in [-0.25, -0.2) is 0 Å². The van der Waals surface area contributed by atoms with Gasteiger partial charge in [0, 0.05) is 19.2 Å². The van der Waals surface area contributed by atoms with Crippen molar-refractivity contribution in [3.05, 3.63) is 35.9 Å². The third-order valence-corrected chi connectivity index (χ3v) is 4.26. The van der Waals surface area contributed by atoms with Crippen molar-refractivity contribution in [1.29, 1.82) is 0 Å². The van der Waals surface area contributed by atoms with Crippen molar-refractivity contribution in [1.82, 2.24) is 4.90 Å². The zero-order valence-electron chi connectivity index (χ0n) is 12.3. The number of carbonyl (C=O) groups is 1. The van der Waals surface area contributed by atoms with E-state index in [9.17, 15) is 4.79 Å². The predicted octanol–water partition coefficient (Wildman–Crippen LogP) is 2.94. The average Bonchev–Trinajstić information content (AvgIpc) is 2.43. The molecular weight excluding hydrogens is 250 g/mol. The maximum absolute atomic E-state index is 12.9. The number of hydrogen-bond acceptors (Lipinski definition) is 2. The Morgan fingerprint density at radius 3 is 2.55 bits per heavy atom. The molecule has 0 radical (unpaired) electrons. The summed E-state index contributed by atoms with van der Waals surface area (Å²) in [7, 11) is 0. The second kappa shape index (κ2) is 7.44. The lowest BCUT2D eigenvalue weighted by Crippen LogP contribution is -2.46. The molecule has 0 heterocycles. The number of aliphatic hydroxyl groups is 1. The van der Waals surface area contributed by atoms with Gasteiger partial charge in [0.1, 0.15) is 0 Å². The van der Waals surface area contributed by atoms with E-state index >= 15 is 0 Å². The van der Waals surface area contributed by atoms with Crippen LogP contribution >= 0.6 is 0 Å². The minimum atomic E-state index is -0.0458. The largest absolute Gasteiger partial charge is 0.396 e. The zero-order chi connectivity index (χ0) is 14.4. The smallest absolute Gasteiger partial charge is 0.230 e. The second-order valence-electron chi connectivity index (χ2n) is 5.57. The molecule has 3 nitrogen and oxygen atoms in total. The van der Waals surface area contributed by atoms with E-state index < -0.39 is 0 Å². The van der Waals surface area contributed by atoms with Crippen molar-refractivity contribution in [2.45, 2.75) is 51.0 Å². The lowest BCUT2D eigenvalue weighted by Gasteiger charge is -2.39. The minimum Gasteiger partial charge on any atom is -0.396 e. The van der Waals surface area contributed by atoms with Gasteiger partial charge in [-0.05, 0) is 37.7 Å². The molecule has 1 aromatic carbocycles. The standard InChI is InChI=1S/C17H25NO2/c1-2-16(14-8-4-3-5-9-14)17(20)18(12-7-13-19)15-10-6-11-15/h3-5,8-9,15-16,19H,2,6-7,10-13H2,1H3. The van der Waals surface area contributed by atoms with E-state index in [1.807, 2.05) is 35.2 Å². The SMILES string of the molecule is CCC(C(=O)N(CCCO)C1CCC1)c1ccccc1. The van der Waals surface area contributed by atoms with E-state index in [4.69, 9.17) is 5.11 Å². The van der Waals surface area contributed by atoms with Gasteiger partial charge in [0.2, 0.25) is 5.91 Å². The lowest BCUT2D eigenvalue weighted by molar-refractivity contribution is -0.137. The molecule has 0 spiro atoms. The molecule has 0 aliphatic heterocycles. The first-order chi connectivity index (χ1) is 9.77. The molecule has 3 heteroatoms. The van der Waals surface area contributed by atoms with Crippen LogP contribution in [0.25, 0.3) is 0 Å². The quantitative estimate of drug-likeness (QED) is 0.831. The molecule has 20 heavy (non-hydrogen) atoms. The predicted molar refractivity (Wildman–Crippen MR) is 80.5 cm³/mol. The number of benzene rings is 1. The van der Waals surface area contributed by atoms with Gasteiger partial charge >= 0.3 is 0 Å². The molecule has 2 rings (SSSR count). The molecule has 1 aliphatic carbocycles. The molecule has 1 amide bonds. The molecule has 1 aromatic rings. The molecule has 1 unspecified atom stereocenters. The third-order valence-electron chi connectivity index (χ3n) is 4.26. The number of rotatable bonds is 7. The van der Waals surface area contributed by atoms with Gasteiger partial charge in [0.25, 0.3) is 0 Å². The molecule has 0 bridgehead atoms. The summed E-state index contributed by atoms with van der Waals surface area (Å²) in [6, 6.07) is 10.4. The molecule has 110 valence electrons. The van der Waals surface area contributed by atoms with E-state index in [2.05, 4.69) is 6.92 Å². The van der Waals surface area contributed by atoms with Crippen LogP contribution in [0.1, 0.15) is 50.5 Å². The van der Waals surface area contributed by atoms with Crippen LogP contribution in [0.5, 0.6) is 0 Å². The van der Waals surface area contributed by atoms with Crippen molar-refractivity contribution in [3.63, 3.8) is 0 Å². The van der Waals surface area contributed by atoms with Crippen molar-refractivity contribution in [2.24, 2.45) is 0 Å². The molecule has 0 saturated heterocycles. The summed E-state index contributed by atoms with van der Waals surface area (Å²) >= 11 is 0. The van der Waals surface area contributed by atoms with E-state index in [1.54, 1.807) is 0 Å². The van der Waals surface area contributed by atoms with Gasteiger partial charge in [-0.15, -0.1) is 0 Å². The summed E-state index contributed by atoms with van der Waals surface area (Å²) in [5.74, 6) is 0.187. The Bertz CT molecular complexity index is 414. The van der Waals surface area contributed by atoms with Crippen LogP contribution in [0.15, 0.2) is 30.3 Å². The highest BCUT2D eigenvalue weighted by Gasteiger charge is 2.32. The Balaban J connectivity index is 2.11. The zero-order valence-corrected chi connectivity index (χ0v) is 12.3. The van der Waals surface area contributed by atoms with Crippen molar-refractivity contribution >= 4 is 5.91 Å². The second-order valence-corrected chi connectivity index (χ2v) is 5.57. The summed E-state index contributed by atoms with van der Waals surface area (Å²) in [4.78, 5) is 14.9. The number of amides is 1. The van der Waals surface area contributed by atoms with E-state index in [0.717, 1.165) is 24.8 Å². The summed E-state index contributed by atoms with van der Waals surface area (Å²) in [6.07, 6.45) is 4.94. The summed E-state index contributed by atoms with van der Waals surface area (Å²) in [6.45, 7) is 2.91. The van der Waals surface area contributed by atoms with Crippen LogP contribution in [0.4, 0.5) is 0 Å². The van der Waals surface area contributed by atoms with Crippen LogP contribution in [0.2, 0.25) is 0 Å². The number of aliphatic hydroxyl groups excluding tert-OH is 1. The molecule has 1 aliphatic rings. The van der Waals surface area contributed by atoms with Crippen LogP contribution in [-0.2, 0) is 4.79 Å². The molecule has 1 N–H and O–H groups in total. The molecule has 0 aromatic heterocycles. The van der Waals surface area contributed by atoms with Crippen molar-refractivity contribution in [3.8, 4) is 0 Å². The summed E-state index contributed by atoms with van der Waals surface area (Å²) in [5.41, 5.74) is 1.10. The number of nitrogens with zero attached hydrogens (tertiary/aromatic N) is 1. The first kappa shape index (κ1) is 15.0. The normalized spacial score (nSPS) is 16.5. The Hall–Kier alpha value is -1.35. The Labute approximate surface area is 121 Å².